The number of terminal acetylenes is 2. The van der Waals surface area contributed by atoms with Crippen molar-refractivity contribution in [3.8, 4) is 24.7 Å². The van der Waals surface area contributed by atoms with Crippen LogP contribution in [0.3, 0.4) is 0 Å². The molecule has 17 heavy (non-hydrogen) atoms. The van der Waals surface area contributed by atoms with Crippen LogP contribution in [0.4, 0.5) is 4.79 Å². The smallest absolute Gasteiger partial charge is 0.327 e. The second-order valence-electron chi connectivity index (χ2n) is 2.96. The van der Waals surface area contributed by atoms with Crippen LogP contribution in [0.1, 0.15) is 6.42 Å². The number of aliphatic carboxylic acids is 1. The minimum Gasteiger partial charge on any atom is -0.480 e. The van der Waals surface area contributed by atoms with E-state index in [1.807, 2.05) is 0 Å². The van der Waals surface area contributed by atoms with Crippen molar-refractivity contribution >= 4 is 23.8 Å². The van der Waals surface area contributed by atoms with E-state index in [1.165, 1.54) is 11.8 Å². The highest BCUT2D eigenvalue weighted by molar-refractivity contribution is 7.99. The first kappa shape index (κ1) is 15.2. The van der Waals surface area contributed by atoms with E-state index < -0.39 is 18.0 Å². The molecule has 5 nitrogen and oxygen atoms in total. The van der Waals surface area contributed by atoms with Crippen LogP contribution in [0.25, 0.3) is 0 Å². The molecule has 0 aliphatic rings. The van der Waals surface area contributed by atoms with Gasteiger partial charge in [-0.25, -0.2) is 9.59 Å². The van der Waals surface area contributed by atoms with E-state index in [9.17, 15) is 9.59 Å². The first-order valence-corrected chi connectivity index (χ1v) is 5.99. The van der Waals surface area contributed by atoms with Crippen LogP contribution in [0.2, 0.25) is 0 Å². The van der Waals surface area contributed by atoms with E-state index in [-0.39, 0.29) is 6.42 Å². The number of nitrogens with one attached hydrogen (secondary N) is 2. The molecule has 0 saturated heterocycles. The normalized spacial score (nSPS) is 10.7. The van der Waals surface area contributed by atoms with Gasteiger partial charge in [0.2, 0.25) is 0 Å². The molecule has 0 bridgehead atoms. The average Bonchev–Trinajstić information content (AvgIpc) is 2.28. The quantitative estimate of drug-likeness (QED) is 0.446. The maximum absolute atomic E-state index is 11.3. The third kappa shape index (κ3) is 8.06. The Kier molecular flexibility index (Phi) is 8.44. The van der Waals surface area contributed by atoms with Gasteiger partial charge < -0.3 is 15.7 Å². The lowest BCUT2D eigenvalue weighted by molar-refractivity contribution is -0.139. The lowest BCUT2D eigenvalue weighted by atomic mass is 10.2. The summed E-state index contributed by atoms with van der Waals surface area (Å²) in [5, 5.41) is 13.5. The largest absolute Gasteiger partial charge is 0.480 e. The van der Waals surface area contributed by atoms with Gasteiger partial charge in [-0.3, -0.25) is 0 Å². The maximum Gasteiger partial charge on any atom is 0.327 e. The Labute approximate surface area is 105 Å². The lowest BCUT2D eigenvalue weighted by Gasteiger charge is -2.12. The van der Waals surface area contributed by atoms with Gasteiger partial charge in [-0.15, -0.1) is 30.5 Å². The molecule has 0 aliphatic carbocycles. The van der Waals surface area contributed by atoms with Crippen molar-refractivity contribution < 1.29 is 14.7 Å². The van der Waals surface area contributed by atoms with Gasteiger partial charge in [0.1, 0.15) is 6.04 Å². The number of thioether (sulfide) groups is 1. The van der Waals surface area contributed by atoms with Crippen molar-refractivity contribution in [2.75, 3.05) is 18.1 Å². The van der Waals surface area contributed by atoms with Crippen molar-refractivity contribution in [3.63, 3.8) is 0 Å². The molecule has 3 N–H and O–H groups in total. The summed E-state index contributed by atoms with van der Waals surface area (Å²) in [6.07, 6.45) is 9.99. The molecule has 0 fully saturated rings. The topological polar surface area (TPSA) is 78.4 Å². The Hall–Kier alpha value is -1.79. The Balaban J connectivity index is 3.80. The van der Waals surface area contributed by atoms with E-state index >= 15 is 0 Å². The summed E-state index contributed by atoms with van der Waals surface area (Å²) in [6, 6.07) is -1.60. The predicted octanol–water partition coefficient (Wildman–Crippen LogP) is 0.128. The van der Waals surface area contributed by atoms with Crippen molar-refractivity contribution in [3.05, 3.63) is 0 Å². The lowest BCUT2D eigenvalue weighted by Crippen LogP contribution is -2.46. The van der Waals surface area contributed by atoms with E-state index in [4.69, 9.17) is 18.0 Å². The fourth-order valence-electron chi connectivity index (χ4n) is 0.895. The highest BCUT2D eigenvalue weighted by Gasteiger charge is 2.17. The number of hydrogen-bond acceptors (Lipinski definition) is 3. The number of urea groups is 1. The highest BCUT2D eigenvalue weighted by Crippen LogP contribution is 1.95. The Bertz CT molecular complexity index is 344. The standard InChI is InChI=1S/C11H14N2O3S/c1-3-5-9(10(14)15)13-11(16)12-6-8-17-7-4-2/h1-2,9H,5-8H2,(H,14,15)(H2,12,13,16). The van der Waals surface area contributed by atoms with Crippen LogP contribution in [-0.2, 0) is 4.79 Å². The van der Waals surface area contributed by atoms with Crippen LogP contribution >= 0.6 is 11.8 Å². The molecule has 0 radical (unpaired) electrons. The molecule has 0 aromatic heterocycles. The summed E-state index contributed by atoms with van der Waals surface area (Å²) >= 11 is 1.50. The first-order valence-electron chi connectivity index (χ1n) is 4.83. The zero-order chi connectivity index (χ0) is 13.1. The first-order chi connectivity index (χ1) is 8.11. The fraction of sp³-hybridized carbons (Fsp3) is 0.455. The molecule has 0 saturated carbocycles. The van der Waals surface area contributed by atoms with Crippen LogP contribution in [0, 0.1) is 24.7 Å². The van der Waals surface area contributed by atoms with Gasteiger partial charge in [0.15, 0.2) is 0 Å². The van der Waals surface area contributed by atoms with Gasteiger partial charge in [-0.1, -0.05) is 5.92 Å². The minimum absolute atomic E-state index is 0.0470. The molecule has 0 heterocycles. The van der Waals surface area contributed by atoms with Crippen molar-refractivity contribution in [1.29, 1.82) is 0 Å². The van der Waals surface area contributed by atoms with E-state index in [0.29, 0.717) is 18.1 Å². The van der Waals surface area contributed by atoms with Crippen molar-refractivity contribution in [1.82, 2.24) is 10.6 Å². The van der Waals surface area contributed by atoms with Crippen LogP contribution in [0.15, 0.2) is 0 Å². The summed E-state index contributed by atoms with van der Waals surface area (Å²) in [5.41, 5.74) is 0. The number of carbonyl (C=O) groups excluding carboxylic acids is 1. The second-order valence-corrected chi connectivity index (χ2v) is 4.06. The number of amides is 2. The van der Waals surface area contributed by atoms with Gasteiger partial charge in [0, 0.05) is 18.7 Å². The molecule has 0 aliphatic heterocycles. The molecule has 92 valence electrons. The summed E-state index contributed by atoms with van der Waals surface area (Å²) in [6.45, 7) is 0.417. The number of rotatable bonds is 7. The molecule has 0 aromatic carbocycles. The average molecular weight is 254 g/mol. The number of hydrogen-bond donors (Lipinski definition) is 3. The van der Waals surface area contributed by atoms with E-state index in [1.54, 1.807) is 0 Å². The van der Waals surface area contributed by atoms with Crippen LogP contribution in [0.5, 0.6) is 0 Å². The number of carbonyl (C=O) groups is 2. The van der Waals surface area contributed by atoms with Gasteiger partial charge in [-0.2, -0.15) is 0 Å². The SMILES string of the molecule is C#CCSCCNC(=O)NC(CC#C)C(=O)O. The Morgan fingerprint density at radius 1 is 1.35 bits per heavy atom. The van der Waals surface area contributed by atoms with Gasteiger partial charge >= 0.3 is 12.0 Å². The van der Waals surface area contributed by atoms with Gasteiger partial charge in [-0.05, 0) is 0 Å². The highest BCUT2D eigenvalue weighted by atomic mass is 32.2. The third-order valence-electron chi connectivity index (χ3n) is 1.64. The second kappa shape index (κ2) is 9.44. The summed E-state index contributed by atoms with van der Waals surface area (Å²) < 4.78 is 0. The minimum atomic E-state index is -1.15. The molecule has 6 heteroatoms. The molecule has 1 atom stereocenters. The summed E-state index contributed by atoms with van der Waals surface area (Å²) in [4.78, 5) is 21.9. The molecule has 0 rings (SSSR count). The summed E-state index contributed by atoms with van der Waals surface area (Å²) in [7, 11) is 0. The van der Waals surface area contributed by atoms with Crippen LogP contribution in [-0.4, -0.2) is 41.2 Å². The maximum atomic E-state index is 11.3. The summed E-state index contributed by atoms with van der Waals surface area (Å²) in [5.74, 6) is 4.74. The number of carboxylic acid groups (broad SMARTS) is 1. The van der Waals surface area contributed by atoms with Gasteiger partial charge in [0.25, 0.3) is 0 Å². The zero-order valence-corrected chi connectivity index (χ0v) is 10.0. The third-order valence-corrected chi connectivity index (χ3v) is 2.51. The van der Waals surface area contributed by atoms with Crippen molar-refractivity contribution in [2.24, 2.45) is 0 Å². The molecule has 2 amide bonds. The predicted molar refractivity (Wildman–Crippen MR) is 67.6 cm³/mol. The monoisotopic (exact) mass is 254 g/mol. The molecular formula is C11H14N2O3S. The number of carboxylic acids is 1. The zero-order valence-electron chi connectivity index (χ0n) is 9.23. The van der Waals surface area contributed by atoms with Crippen molar-refractivity contribution in [2.45, 2.75) is 12.5 Å². The Morgan fingerprint density at radius 2 is 2.06 bits per heavy atom. The van der Waals surface area contributed by atoms with Gasteiger partial charge in [0.05, 0.1) is 5.75 Å². The molecular weight excluding hydrogens is 240 g/mol. The molecule has 0 aromatic rings. The molecule has 0 spiro atoms. The van der Waals surface area contributed by atoms with E-state index in [2.05, 4.69) is 22.5 Å². The Morgan fingerprint density at radius 3 is 2.59 bits per heavy atom. The van der Waals surface area contributed by atoms with Crippen LogP contribution < -0.4 is 10.6 Å². The van der Waals surface area contributed by atoms with E-state index in [0.717, 1.165) is 0 Å². The fourth-order valence-corrected chi connectivity index (χ4v) is 1.40. The molecule has 1 unspecified atom stereocenters.